The molecule has 0 fully saturated rings. The first kappa shape index (κ1) is 9.33. The van der Waals surface area contributed by atoms with Gasteiger partial charge in [0.15, 0.2) is 0 Å². The van der Waals surface area contributed by atoms with E-state index in [1.807, 2.05) is 0 Å². The first-order chi connectivity index (χ1) is 2.00. The van der Waals surface area contributed by atoms with Gasteiger partial charge in [0.05, 0.1) is 0 Å². The molecule has 0 aromatic carbocycles. The molecule has 0 aliphatic carbocycles. The van der Waals surface area contributed by atoms with E-state index in [1.54, 1.807) is 0 Å². The Balaban J connectivity index is 0. The Kier molecular flexibility index (Phi) is 3.36. The first-order valence-corrected chi connectivity index (χ1v) is 2.37. The van der Waals surface area contributed by atoms with Crippen LogP contribution >= 0.6 is 0 Å². The minimum Gasteiger partial charge on any atom is -0.358 e. The molecule has 0 saturated heterocycles. The summed E-state index contributed by atoms with van der Waals surface area (Å²) in [6, 6.07) is 0. The lowest BCUT2D eigenvalue weighted by Gasteiger charge is -1.79. The first-order valence-electron chi connectivity index (χ1n) is 0.791. The van der Waals surface area contributed by atoms with Crippen LogP contribution < -0.4 is 6.15 Å². The van der Waals surface area contributed by atoms with E-state index in [0.29, 0.717) is 0 Å². The molecule has 0 spiro atoms. The molecule has 0 atom stereocenters. The van der Waals surface area contributed by atoms with Crippen LogP contribution in [0.25, 0.3) is 0 Å². The molecule has 4 N–H and O–H groups in total. The average Bonchev–Trinajstić information content (AvgIpc) is 0.722. The number of rotatable bonds is 0. The largest absolute Gasteiger partial charge is 0.799 e. The summed E-state index contributed by atoms with van der Waals surface area (Å²) in [7, 11) is -6.11. The Labute approximate surface area is 33.8 Å². The zero-order valence-corrected chi connectivity index (χ0v) is 3.79. The van der Waals surface area contributed by atoms with E-state index in [4.69, 9.17) is 4.80 Å². The second-order valence-electron chi connectivity index (χ2n) is 0.468. The van der Waals surface area contributed by atoms with Crippen molar-refractivity contribution >= 4 is 9.32 Å². The van der Waals surface area contributed by atoms with Crippen LogP contribution in [0.2, 0.25) is 0 Å². The van der Waals surface area contributed by atoms with Crippen LogP contribution in [-0.2, 0) is 0 Å². The van der Waals surface area contributed by atoms with E-state index in [9.17, 15) is 12.3 Å². The minimum atomic E-state index is -6.11. The van der Waals surface area contributed by atoms with Crippen LogP contribution in [0, 0.1) is 0 Å². The van der Waals surface area contributed by atoms with E-state index < -0.39 is 9.32 Å². The maximum Gasteiger partial charge on any atom is 0.799 e. The van der Waals surface area contributed by atoms with Gasteiger partial charge in [-0.3, -0.25) is 0 Å². The van der Waals surface area contributed by atoms with Gasteiger partial charge >= 0.3 is 9.32 Å². The Hall–Kier alpha value is -0.0731. The summed E-state index contributed by atoms with van der Waals surface area (Å²) in [4.78, 5) is 6.66. The molecule has 0 unspecified atom stereocenters. The van der Waals surface area contributed by atoms with Crippen molar-refractivity contribution in [2.45, 2.75) is 0 Å². The molecular weight excluding hydrogens is 115 g/mol. The van der Waals surface area contributed by atoms with Crippen LogP contribution in [-0.4, -0.2) is 14.1 Å². The maximum atomic E-state index is 10.0. The Morgan fingerprint density at radius 3 is 1.17 bits per heavy atom. The number of hydrogen-bond acceptors (Lipinski definition) is 2. The quantitative estimate of drug-likeness (QED) is 0.360. The molecular formula is H4F3NOSi. The van der Waals surface area contributed by atoms with Gasteiger partial charge in [-0.25, -0.2) is 12.3 Å². The highest BCUT2D eigenvalue weighted by Gasteiger charge is 2.34. The lowest BCUT2D eigenvalue weighted by atomic mass is 14.0. The molecule has 0 saturated carbocycles. The Morgan fingerprint density at radius 1 is 1.17 bits per heavy atom. The standard InChI is InChI=1S/F3HOSi.H3N/c1-5(2,3)4;/h4H;1H3. The maximum absolute atomic E-state index is 10.0. The summed E-state index contributed by atoms with van der Waals surface area (Å²) in [6.45, 7) is 0. The zero-order chi connectivity index (χ0) is 4.50. The summed E-state index contributed by atoms with van der Waals surface area (Å²) in [5, 5.41) is 0. The van der Waals surface area contributed by atoms with Gasteiger partial charge in [-0.05, 0) is 0 Å². The highest BCUT2D eigenvalue weighted by atomic mass is 28.5. The summed E-state index contributed by atoms with van der Waals surface area (Å²) < 4.78 is 30.1. The Bertz CT molecular complexity index is 26.3. The third-order valence-electron chi connectivity index (χ3n) is 0. The normalized spacial score (nSPS) is 10.0. The summed E-state index contributed by atoms with van der Waals surface area (Å²) in [6.07, 6.45) is 0. The van der Waals surface area contributed by atoms with Gasteiger partial charge in [0.25, 0.3) is 0 Å². The van der Waals surface area contributed by atoms with Crippen LogP contribution in [0.3, 0.4) is 0 Å². The molecule has 0 radical (unpaired) electrons. The molecule has 40 valence electrons. The summed E-state index contributed by atoms with van der Waals surface area (Å²) in [5.41, 5.74) is 0. The molecule has 0 aliphatic heterocycles. The third kappa shape index (κ3) is 6290. The third-order valence-corrected chi connectivity index (χ3v) is 0. The monoisotopic (exact) mass is 119 g/mol. The minimum absolute atomic E-state index is 0. The molecule has 0 aromatic heterocycles. The van der Waals surface area contributed by atoms with Crippen LogP contribution in [0.5, 0.6) is 0 Å². The van der Waals surface area contributed by atoms with Crippen LogP contribution in [0.1, 0.15) is 0 Å². The fraction of sp³-hybridized carbons (Fsp3) is 0. The molecule has 6 heteroatoms. The van der Waals surface area contributed by atoms with Crippen molar-refractivity contribution in [2.24, 2.45) is 0 Å². The number of hydrogen-bond donors (Lipinski definition) is 2. The second kappa shape index (κ2) is 2.16. The van der Waals surface area contributed by atoms with Crippen molar-refractivity contribution in [1.29, 1.82) is 0 Å². The molecule has 0 bridgehead atoms. The highest BCUT2D eigenvalue weighted by Crippen LogP contribution is 1.98. The van der Waals surface area contributed by atoms with E-state index in [0.717, 1.165) is 0 Å². The smallest absolute Gasteiger partial charge is 0.358 e. The molecule has 6 heavy (non-hydrogen) atoms. The van der Waals surface area contributed by atoms with Gasteiger partial charge < -0.3 is 10.9 Å². The zero-order valence-electron chi connectivity index (χ0n) is 2.79. The van der Waals surface area contributed by atoms with Gasteiger partial charge in [0.2, 0.25) is 0 Å². The summed E-state index contributed by atoms with van der Waals surface area (Å²) >= 11 is 0. The average molecular weight is 119 g/mol. The van der Waals surface area contributed by atoms with Gasteiger partial charge in [-0.15, -0.1) is 0 Å². The second-order valence-corrected chi connectivity index (χ2v) is 1.40. The lowest BCUT2D eigenvalue weighted by molar-refractivity contribution is 0.284. The van der Waals surface area contributed by atoms with Crippen LogP contribution in [0.15, 0.2) is 0 Å². The number of halogens is 3. The predicted octanol–water partition coefficient (Wildman–Crippen LogP) is 0.485. The van der Waals surface area contributed by atoms with Crippen molar-refractivity contribution in [3.8, 4) is 0 Å². The van der Waals surface area contributed by atoms with Crippen molar-refractivity contribution in [3.63, 3.8) is 0 Å². The highest BCUT2D eigenvalue weighted by molar-refractivity contribution is 6.49. The van der Waals surface area contributed by atoms with Gasteiger partial charge in [-0.1, -0.05) is 0 Å². The SMILES string of the molecule is N.O[Si](F)(F)F. The van der Waals surface area contributed by atoms with E-state index in [-0.39, 0.29) is 6.15 Å². The van der Waals surface area contributed by atoms with E-state index in [1.165, 1.54) is 0 Å². The fourth-order valence-corrected chi connectivity index (χ4v) is 0. The van der Waals surface area contributed by atoms with Crippen molar-refractivity contribution in [2.75, 3.05) is 0 Å². The summed E-state index contributed by atoms with van der Waals surface area (Å²) in [5.74, 6) is 0. The van der Waals surface area contributed by atoms with Crippen molar-refractivity contribution < 1.29 is 17.1 Å². The molecule has 0 rings (SSSR count). The Morgan fingerprint density at radius 2 is 1.17 bits per heavy atom. The van der Waals surface area contributed by atoms with E-state index in [2.05, 4.69) is 0 Å². The van der Waals surface area contributed by atoms with Crippen molar-refractivity contribution in [1.82, 2.24) is 6.15 Å². The molecule has 2 nitrogen and oxygen atoms in total. The van der Waals surface area contributed by atoms with Crippen molar-refractivity contribution in [3.05, 3.63) is 0 Å². The van der Waals surface area contributed by atoms with Gasteiger partial charge in [0, 0.05) is 0 Å². The van der Waals surface area contributed by atoms with E-state index >= 15 is 0 Å². The molecule has 0 amide bonds. The van der Waals surface area contributed by atoms with Gasteiger partial charge in [-0.2, -0.15) is 0 Å². The van der Waals surface area contributed by atoms with Crippen LogP contribution in [0.4, 0.5) is 12.3 Å². The van der Waals surface area contributed by atoms with Gasteiger partial charge in [0.1, 0.15) is 0 Å². The lowest BCUT2D eigenvalue weighted by Crippen LogP contribution is -2.11. The predicted molar refractivity (Wildman–Crippen MR) is 16.3 cm³/mol. The topological polar surface area (TPSA) is 55.2 Å². The fourth-order valence-electron chi connectivity index (χ4n) is 0. The molecule has 0 aliphatic rings. The molecule has 0 heterocycles. The molecule has 0 aromatic rings.